The first-order valence-electron chi connectivity index (χ1n) is 9.61. The summed E-state index contributed by atoms with van der Waals surface area (Å²) in [6.45, 7) is 0. The minimum Gasteiger partial charge on any atom is -0.467 e. The molecule has 8 heteroatoms. The van der Waals surface area contributed by atoms with Crippen LogP contribution in [0.5, 0.6) is 0 Å². The summed E-state index contributed by atoms with van der Waals surface area (Å²) in [6.07, 6.45) is 5.10. The minimum absolute atomic E-state index is 0.0886. The molecule has 4 aromatic rings. The molecule has 0 fully saturated rings. The molecule has 154 valence electrons. The van der Waals surface area contributed by atoms with Crippen LogP contribution in [0, 0.1) is 0 Å². The molecule has 3 heterocycles. The maximum atomic E-state index is 13.2. The highest BCUT2D eigenvalue weighted by atomic mass is 35.5. The number of furan rings is 1. The molecular formula is C23H17ClN4O2S. The Labute approximate surface area is 187 Å². The largest absolute Gasteiger partial charge is 0.467 e. The lowest BCUT2D eigenvalue weighted by Gasteiger charge is -2.24. The van der Waals surface area contributed by atoms with E-state index in [0.29, 0.717) is 10.8 Å². The number of hydrazine groups is 1. The van der Waals surface area contributed by atoms with Crippen LogP contribution >= 0.6 is 23.4 Å². The van der Waals surface area contributed by atoms with Crippen molar-refractivity contribution < 1.29 is 9.21 Å². The number of hydrogen-bond acceptors (Lipinski definition) is 6. The van der Waals surface area contributed by atoms with Crippen molar-refractivity contribution in [1.29, 1.82) is 0 Å². The molecule has 1 N–H and O–H groups in total. The summed E-state index contributed by atoms with van der Waals surface area (Å²) in [6, 6.07) is 18.6. The van der Waals surface area contributed by atoms with E-state index in [2.05, 4.69) is 15.4 Å². The average molecular weight is 449 g/mol. The van der Waals surface area contributed by atoms with Crippen molar-refractivity contribution in [3.8, 4) is 0 Å². The smallest absolute Gasteiger partial charge is 0.252 e. The zero-order chi connectivity index (χ0) is 21.2. The second kappa shape index (κ2) is 8.45. The van der Waals surface area contributed by atoms with Gasteiger partial charge in [0.05, 0.1) is 23.2 Å². The number of amides is 1. The monoisotopic (exact) mass is 448 g/mol. The summed E-state index contributed by atoms with van der Waals surface area (Å²) in [5, 5.41) is 3.96. The maximum Gasteiger partial charge on any atom is 0.252 e. The van der Waals surface area contributed by atoms with Gasteiger partial charge in [-0.3, -0.25) is 10.2 Å². The quantitative estimate of drug-likeness (QED) is 0.338. The van der Waals surface area contributed by atoms with Gasteiger partial charge in [0.15, 0.2) is 0 Å². The molecule has 1 aliphatic rings. The summed E-state index contributed by atoms with van der Waals surface area (Å²) < 4.78 is 5.59. The SMILES string of the molecule is O=C(CSc1ncnc2ccccc12)N1NC(c2ccc(Cl)cc2)=C[C@@H]1c1ccco1. The highest BCUT2D eigenvalue weighted by Crippen LogP contribution is 2.33. The van der Waals surface area contributed by atoms with Gasteiger partial charge in [-0.05, 0) is 42.0 Å². The van der Waals surface area contributed by atoms with E-state index in [4.69, 9.17) is 16.0 Å². The number of hydrogen-bond donors (Lipinski definition) is 1. The van der Waals surface area contributed by atoms with Crippen molar-refractivity contribution in [3.05, 3.63) is 95.7 Å². The Balaban J connectivity index is 1.37. The molecule has 0 spiro atoms. The fraction of sp³-hybridized carbons (Fsp3) is 0.0870. The van der Waals surface area contributed by atoms with Gasteiger partial charge in [0.1, 0.15) is 23.2 Å². The van der Waals surface area contributed by atoms with E-state index in [1.165, 1.54) is 18.1 Å². The molecule has 1 atom stereocenters. The van der Waals surface area contributed by atoms with Crippen molar-refractivity contribution in [2.45, 2.75) is 11.1 Å². The molecule has 1 aliphatic heterocycles. The number of fused-ring (bicyclic) bond motifs is 1. The number of nitrogens with one attached hydrogen (secondary N) is 1. The van der Waals surface area contributed by atoms with Gasteiger partial charge in [0.2, 0.25) is 0 Å². The predicted octanol–water partition coefficient (Wildman–Crippen LogP) is 5.10. The Morgan fingerprint density at radius 1 is 1.10 bits per heavy atom. The molecule has 31 heavy (non-hydrogen) atoms. The second-order valence-electron chi connectivity index (χ2n) is 6.91. The lowest BCUT2D eigenvalue weighted by Crippen LogP contribution is -2.40. The lowest BCUT2D eigenvalue weighted by molar-refractivity contribution is -0.131. The number of benzene rings is 2. The molecule has 6 nitrogen and oxygen atoms in total. The van der Waals surface area contributed by atoms with Crippen molar-refractivity contribution in [2.24, 2.45) is 0 Å². The molecule has 0 unspecified atom stereocenters. The van der Waals surface area contributed by atoms with Gasteiger partial charge in [-0.2, -0.15) is 0 Å². The lowest BCUT2D eigenvalue weighted by atomic mass is 10.1. The Morgan fingerprint density at radius 3 is 2.74 bits per heavy atom. The van der Waals surface area contributed by atoms with Crippen LogP contribution in [0.4, 0.5) is 0 Å². The van der Waals surface area contributed by atoms with Gasteiger partial charge in [-0.25, -0.2) is 15.0 Å². The van der Waals surface area contributed by atoms with Gasteiger partial charge < -0.3 is 4.42 Å². The summed E-state index contributed by atoms with van der Waals surface area (Å²) in [5.41, 5.74) is 5.85. The molecule has 2 aromatic carbocycles. The van der Waals surface area contributed by atoms with Crippen LogP contribution in [0.3, 0.4) is 0 Å². The summed E-state index contributed by atoms with van der Waals surface area (Å²) in [4.78, 5) is 21.8. The van der Waals surface area contributed by atoms with E-state index in [1.54, 1.807) is 11.3 Å². The van der Waals surface area contributed by atoms with Crippen LogP contribution in [-0.4, -0.2) is 26.6 Å². The molecule has 5 rings (SSSR count). The summed E-state index contributed by atoms with van der Waals surface area (Å²) in [5.74, 6) is 0.809. The van der Waals surface area contributed by atoms with Crippen molar-refractivity contribution >= 4 is 45.9 Å². The second-order valence-corrected chi connectivity index (χ2v) is 8.31. The first-order valence-corrected chi connectivity index (χ1v) is 11.0. The maximum absolute atomic E-state index is 13.2. The average Bonchev–Trinajstić information content (AvgIpc) is 3.48. The topological polar surface area (TPSA) is 71.3 Å². The zero-order valence-corrected chi connectivity index (χ0v) is 17.8. The normalized spacial score (nSPS) is 15.7. The standard InChI is InChI=1S/C23H17ClN4O2S/c24-16-9-7-15(8-10-16)19-12-20(21-6-3-11-30-21)28(27-19)22(29)13-31-23-17-4-1-2-5-18(17)25-14-26-23/h1-12,14,20,27H,13H2/t20-/m1/s1. The number of nitrogens with zero attached hydrogens (tertiary/aromatic N) is 3. The summed E-state index contributed by atoms with van der Waals surface area (Å²) >= 11 is 7.41. The van der Waals surface area contributed by atoms with Gasteiger partial charge in [-0.1, -0.05) is 53.7 Å². The number of carbonyl (C=O) groups excluding carboxylic acids is 1. The van der Waals surface area contributed by atoms with Crippen LogP contribution in [0.25, 0.3) is 16.6 Å². The van der Waals surface area contributed by atoms with Crippen LogP contribution in [-0.2, 0) is 4.79 Å². The van der Waals surface area contributed by atoms with Crippen LogP contribution in [0.15, 0.2) is 88.8 Å². The number of halogens is 1. The third-order valence-corrected chi connectivity index (χ3v) is 6.18. The molecule has 0 radical (unpaired) electrons. The summed E-state index contributed by atoms with van der Waals surface area (Å²) in [7, 11) is 0. The highest BCUT2D eigenvalue weighted by Gasteiger charge is 2.32. The Bertz CT molecular complexity index is 1250. The van der Waals surface area contributed by atoms with Gasteiger partial charge in [-0.15, -0.1) is 0 Å². The number of thioether (sulfide) groups is 1. The van der Waals surface area contributed by atoms with Crippen LogP contribution < -0.4 is 5.43 Å². The highest BCUT2D eigenvalue weighted by molar-refractivity contribution is 8.00. The number of rotatable bonds is 5. The molecule has 0 aliphatic carbocycles. The number of para-hydroxylation sites is 1. The van der Waals surface area contributed by atoms with Crippen molar-refractivity contribution in [3.63, 3.8) is 0 Å². The molecule has 0 saturated carbocycles. The molecular weight excluding hydrogens is 432 g/mol. The minimum atomic E-state index is -0.351. The van der Waals surface area contributed by atoms with Gasteiger partial charge >= 0.3 is 0 Å². The van der Waals surface area contributed by atoms with Crippen LogP contribution in [0.2, 0.25) is 5.02 Å². The Hall–Kier alpha value is -3.29. The fourth-order valence-electron chi connectivity index (χ4n) is 3.44. The van der Waals surface area contributed by atoms with E-state index in [0.717, 1.165) is 27.2 Å². The number of carbonyl (C=O) groups is 1. The third kappa shape index (κ3) is 4.02. The number of aromatic nitrogens is 2. The molecule has 1 amide bonds. The van der Waals surface area contributed by atoms with E-state index >= 15 is 0 Å². The van der Waals surface area contributed by atoms with Gasteiger partial charge in [0.25, 0.3) is 5.91 Å². The van der Waals surface area contributed by atoms with E-state index in [-0.39, 0.29) is 17.7 Å². The first-order chi connectivity index (χ1) is 15.2. The zero-order valence-electron chi connectivity index (χ0n) is 16.2. The Kier molecular flexibility index (Phi) is 5.36. The van der Waals surface area contributed by atoms with E-state index in [9.17, 15) is 4.79 Å². The predicted molar refractivity (Wildman–Crippen MR) is 121 cm³/mol. The Morgan fingerprint density at radius 2 is 1.94 bits per heavy atom. The third-order valence-electron chi connectivity index (χ3n) is 4.94. The van der Waals surface area contributed by atoms with E-state index < -0.39 is 0 Å². The molecule has 0 bridgehead atoms. The van der Waals surface area contributed by atoms with Crippen molar-refractivity contribution in [2.75, 3.05) is 5.75 Å². The van der Waals surface area contributed by atoms with Crippen molar-refractivity contribution in [1.82, 2.24) is 20.4 Å². The van der Waals surface area contributed by atoms with Gasteiger partial charge in [0, 0.05) is 10.4 Å². The van der Waals surface area contributed by atoms with Crippen LogP contribution in [0.1, 0.15) is 17.4 Å². The molecule has 2 aromatic heterocycles. The van der Waals surface area contributed by atoms with E-state index in [1.807, 2.05) is 66.7 Å². The molecule has 0 saturated heterocycles. The first kappa shape index (κ1) is 19.7. The fourth-order valence-corrected chi connectivity index (χ4v) is 4.42.